The largest absolute Gasteiger partial charge is 0.313 e. The molecule has 0 saturated carbocycles. The highest BCUT2D eigenvalue weighted by molar-refractivity contribution is 6.01. The van der Waals surface area contributed by atoms with E-state index in [1.54, 1.807) is 0 Å². The summed E-state index contributed by atoms with van der Waals surface area (Å²) in [5.74, 6) is 0. The van der Waals surface area contributed by atoms with Gasteiger partial charge in [0.15, 0.2) is 0 Å². The van der Waals surface area contributed by atoms with Gasteiger partial charge >= 0.3 is 0 Å². The molecule has 3 heteroatoms. The predicted molar refractivity (Wildman–Crippen MR) is 189 cm³/mol. The molecular weight excluding hydrogens is 546 g/mol. The first kappa shape index (κ1) is 26.9. The van der Waals surface area contributed by atoms with Gasteiger partial charge in [0.05, 0.1) is 11.2 Å². The fourth-order valence-electron chi connectivity index (χ4n) is 6.84. The summed E-state index contributed by atoms with van der Waals surface area (Å²) < 4.78 is 2.47. The monoisotopic (exact) mass is 579 g/mol. The van der Waals surface area contributed by atoms with E-state index in [2.05, 4.69) is 167 Å². The fourth-order valence-corrected chi connectivity index (χ4v) is 6.84. The molecule has 3 nitrogen and oxygen atoms in total. The van der Waals surface area contributed by atoms with Crippen molar-refractivity contribution in [2.45, 2.75) is 19.8 Å². The molecule has 8 rings (SSSR count). The van der Waals surface area contributed by atoms with Gasteiger partial charge in [-0.25, -0.2) is 0 Å². The van der Waals surface area contributed by atoms with Crippen molar-refractivity contribution in [2.24, 2.45) is 0 Å². The zero-order valence-corrected chi connectivity index (χ0v) is 25.3. The van der Waals surface area contributed by atoms with E-state index in [1.165, 1.54) is 67.0 Å². The lowest BCUT2D eigenvalue weighted by atomic mass is 9.90. The second-order valence-electron chi connectivity index (χ2n) is 11.6. The molecule has 0 atom stereocenters. The van der Waals surface area contributed by atoms with Crippen molar-refractivity contribution in [1.29, 1.82) is 0 Å². The molecule has 0 saturated heterocycles. The summed E-state index contributed by atoms with van der Waals surface area (Å²) in [6, 6.07) is 50.1. The SMILES string of the molecule is Cc1ccccc1N(c1ccccc1)c1ccccc1C1=Cc2c(n(-c3cccc(-c4ccncc4)c3)c3ccccc23)CC1. The van der Waals surface area contributed by atoms with Crippen LogP contribution >= 0.6 is 0 Å². The van der Waals surface area contributed by atoms with Gasteiger partial charge in [0, 0.05) is 51.7 Å². The van der Waals surface area contributed by atoms with Crippen molar-refractivity contribution in [1.82, 2.24) is 9.55 Å². The zero-order valence-electron chi connectivity index (χ0n) is 25.3. The molecule has 0 amide bonds. The molecule has 0 spiro atoms. The first-order valence-electron chi connectivity index (χ1n) is 15.6. The van der Waals surface area contributed by atoms with E-state index in [1.807, 2.05) is 12.4 Å². The Morgan fingerprint density at radius 3 is 2.20 bits per heavy atom. The molecule has 0 fully saturated rings. The number of hydrogen-bond donors (Lipinski definition) is 0. The van der Waals surface area contributed by atoms with Crippen LogP contribution in [0, 0.1) is 6.92 Å². The van der Waals surface area contributed by atoms with Crippen molar-refractivity contribution >= 4 is 39.6 Å². The van der Waals surface area contributed by atoms with Crippen LogP contribution in [0.4, 0.5) is 17.1 Å². The highest BCUT2D eigenvalue weighted by atomic mass is 15.1. The fraction of sp³-hybridized carbons (Fsp3) is 0.0714. The van der Waals surface area contributed by atoms with E-state index in [0.29, 0.717) is 0 Å². The van der Waals surface area contributed by atoms with Gasteiger partial charge < -0.3 is 9.47 Å². The van der Waals surface area contributed by atoms with Gasteiger partial charge in [-0.15, -0.1) is 0 Å². The van der Waals surface area contributed by atoms with Gasteiger partial charge in [-0.1, -0.05) is 84.9 Å². The Morgan fingerprint density at radius 1 is 0.622 bits per heavy atom. The van der Waals surface area contributed by atoms with Crippen LogP contribution in [-0.2, 0) is 6.42 Å². The third kappa shape index (κ3) is 4.83. The average molecular weight is 580 g/mol. The minimum Gasteiger partial charge on any atom is -0.313 e. The van der Waals surface area contributed by atoms with Crippen LogP contribution in [0.25, 0.3) is 39.4 Å². The molecule has 0 bridgehead atoms. The standard InChI is InChI=1S/C42H33N3/c1-30-12-5-8-19-39(30)44(34-14-3-2-4-15-34)40-20-9-6-17-36(40)33-22-23-42-38(29-33)37-18-7-10-21-41(37)45(42)35-16-11-13-32(28-35)31-24-26-43-27-25-31/h2-21,24-29H,22-23H2,1H3. The molecule has 0 aliphatic heterocycles. The van der Waals surface area contributed by atoms with Crippen LogP contribution in [0.1, 0.15) is 28.8 Å². The quantitative estimate of drug-likeness (QED) is 0.195. The van der Waals surface area contributed by atoms with E-state index in [4.69, 9.17) is 0 Å². The molecular formula is C42H33N3. The van der Waals surface area contributed by atoms with E-state index in [-0.39, 0.29) is 0 Å². The number of fused-ring (bicyclic) bond motifs is 3. The summed E-state index contributed by atoms with van der Waals surface area (Å²) in [7, 11) is 0. The molecule has 0 radical (unpaired) electrons. The Balaban J connectivity index is 1.29. The van der Waals surface area contributed by atoms with Crippen molar-refractivity contribution in [3.63, 3.8) is 0 Å². The Labute approximate surface area is 264 Å². The number of allylic oxidation sites excluding steroid dienone is 1. The van der Waals surface area contributed by atoms with Gasteiger partial charge in [-0.05, 0) is 103 Å². The van der Waals surface area contributed by atoms with Gasteiger partial charge in [-0.3, -0.25) is 4.98 Å². The summed E-state index contributed by atoms with van der Waals surface area (Å²) in [4.78, 5) is 6.63. The molecule has 0 unspecified atom stereocenters. The van der Waals surface area contributed by atoms with Crippen LogP contribution in [0.2, 0.25) is 0 Å². The second kappa shape index (κ2) is 11.4. The van der Waals surface area contributed by atoms with E-state index < -0.39 is 0 Å². The van der Waals surface area contributed by atoms with Crippen molar-refractivity contribution in [2.75, 3.05) is 4.90 Å². The number of anilines is 3. The molecule has 216 valence electrons. The Hall–Kier alpha value is -5.67. The normalized spacial score (nSPS) is 12.5. The summed E-state index contributed by atoms with van der Waals surface area (Å²) in [5, 5.41) is 1.29. The molecule has 5 aromatic carbocycles. The third-order valence-electron chi connectivity index (χ3n) is 8.95. The van der Waals surface area contributed by atoms with Gasteiger partial charge in [0.25, 0.3) is 0 Å². The number of hydrogen-bond acceptors (Lipinski definition) is 2. The number of aryl methyl sites for hydroxylation is 1. The first-order chi connectivity index (χ1) is 22.3. The number of rotatable bonds is 6. The van der Waals surface area contributed by atoms with Crippen molar-refractivity contribution < 1.29 is 0 Å². The highest BCUT2D eigenvalue weighted by Gasteiger charge is 2.25. The number of para-hydroxylation sites is 4. The van der Waals surface area contributed by atoms with Gasteiger partial charge in [0.1, 0.15) is 0 Å². The summed E-state index contributed by atoms with van der Waals surface area (Å²) >= 11 is 0. The van der Waals surface area contributed by atoms with E-state index in [0.717, 1.165) is 18.5 Å². The topological polar surface area (TPSA) is 21.1 Å². The highest BCUT2D eigenvalue weighted by Crippen LogP contribution is 2.44. The predicted octanol–water partition coefficient (Wildman–Crippen LogP) is 11.0. The van der Waals surface area contributed by atoms with E-state index in [9.17, 15) is 0 Å². The van der Waals surface area contributed by atoms with Crippen LogP contribution in [0.3, 0.4) is 0 Å². The Kier molecular flexibility index (Phi) is 6.84. The number of nitrogens with zero attached hydrogens (tertiary/aromatic N) is 3. The van der Waals surface area contributed by atoms with Crippen LogP contribution in [0.5, 0.6) is 0 Å². The van der Waals surface area contributed by atoms with Crippen molar-refractivity contribution in [3.05, 3.63) is 174 Å². The molecule has 45 heavy (non-hydrogen) atoms. The van der Waals surface area contributed by atoms with E-state index >= 15 is 0 Å². The zero-order chi connectivity index (χ0) is 30.2. The molecule has 2 aromatic heterocycles. The van der Waals surface area contributed by atoms with Gasteiger partial charge in [-0.2, -0.15) is 0 Å². The van der Waals surface area contributed by atoms with Crippen LogP contribution < -0.4 is 4.90 Å². The van der Waals surface area contributed by atoms with Crippen molar-refractivity contribution in [3.8, 4) is 16.8 Å². The molecule has 0 N–H and O–H groups in total. The smallest absolute Gasteiger partial charge is 0.0537 e. The summed E-state index contributed by atoms with van der Waals surface area (Å²) in [6.45, 7) is 2.19. The third-order valence-corrected chi connectivity index (χ3v) is 8.95. The lowest BCUT2D eigenvalue weighted by Gasteiger charge is -2.30. The maximum atomic E-state index is 4.21. The lowest BCUT2D eigenvalue weighted by Crippen LogP contribution is -2.14. The first-order valence-corrected chi connectivity index (χ1v) is 15.6. The Morgan fingerprint density at radius 2 is 1.36 bits per heavy atom. The molecule has 2 heterocycles. The lowest BCUT2D eigenvalue weighted by molar-refractivity contribution is 0.898. The summed E-state index contributed by atoms with van der Waals surface area (Å²) in [5.41, 5.74) is 14.9. The van der Waals surface area contributed by atoms with Crippen LogP contribution in [0.15, 0.2) is 152 Å². The Bertz CT molecular complexity index is 2170. The number of aromatic nitrogens is 2. The minimum atomic E-state index is 0.958. The second-order valence-corrected chi connectivity index (χ2v) is 11.6. The van der Waals surface area contributed by atoms with Crippen LogP contribution in [-0.4, -0.2) is 9.55 Å². The number of benzene rings is 5. The molecule has 1 aliphatic rings. The number of pyridine rings is 1. The maximum absolute atomic E-state index is 4.21. The van der Waals surface area contributed by atoms with Gasteiger partial charge in [0.2, 0.25) is 0 Å². The molecule has 7 aromatic rings. The maximum Gasteiger partial charge on any atom is 0.0537 e. The minimum absolute atomic E-state index is 0.958. The summed E-state index contributed by atoms with van der Waals surface area (Å²) in [6.07, 6.45) is 8.08. The molecule has 1 aliphatic carbocycles. The average Bonchev–Trinajstić information content (AvgIpc) is 3.44.